The molecule has 1 saturated heterocycles. The molecule has 1 aliphatic heterocycles. The van der Waals surface area contributed by atoms with Crippen molar-refractivity contribution in [3.05, 3.63) is 59.7 Å². The van der Waals surface area contributed by atoms with Crippen LogP contribution in [-0.4, -0.2) is 47.3 Å². The molecule has 1 amide bonds. The number of fused-ring (bicyclic) bond motifs is 3. The lowest BCUT2D eigenvalue weighted by molar-refractivity contribution is -0.141. The topological polar surface area (TPSA) is 92.9 Å². The fourth-order valence-corrected chi connectivity index (χ4v) is 3.98. The van der Waals surface area contributed by atoms with Crippen LogP contribution in [0.4, 0.5) is 4.79 Å². The maximum atomic E-state index is 12.5. The van der Waals surface area contributed by atoms with Gasteiger partial charge in [0.15, 0.2) is 0 Å². The fraction of sp³-hybridized carbons (Fsp3) is 0.300. The van der Waals surface area contributed by atoms with E-state index in [2.05, 4.69) is 12.1 Å². The molecule has 2 aromatic carbocycles. The van der Waals surface area contributed by atoms with Crippen LogP contribution in [0.15, 0.2) is 48.5 Å². The first-order valence-electron chi connectivity index (χ1n) is 8.66. The lowest BCUT2D eigenvalue weighted by Gasteiger charge is -2.22. The predicted octanol–water partition coefficient (Wildman–Crippen LogP) is 2.42. The van der Waals surface area contributed by atoms with E-state index in [1.54, 1.807) is 0 Å². The molecule has 6 nitrogen and oxygen atoms in total. The number of benzene rings is 2. The molecule has 26 heavy (non-hydrogen) atoms. The number of amides is 1. The lowest BCUT2D eigenvalue weighted by atomic mass is 9.98. The molecule has 1 unspecified atom stereocenters. The van der Waals surface area contributed by atoms with Gasteiger partial charge >= 0.3 is 12.1 Å². The van der Waals surface area contributed by atoms with Gasteiger partial charge in [-0.2, -0.15) is 0 Å². The summed E-state index contributed by atoms with van der Waals surface area (Å²) in [6.07, 6.45) is -0.369. The zero-order valence-electron chi connectivity index (χ0n) is 14.2. The molecule has 2 atom stereocenters. The number of carbonyl (C=O) groups is 2. The van der Waals surface area contributed by atoms with Crippen LogP contribution in [0, 0.1) is 0 Å². The second-order valence-electron chi connectivity index (χ2n) is 6.81. The quantitative estimate of drug-likeness (QED) is 0.885. The Hall–Kier alpha value is -2.86. The number of hydrogen-bond acceptors (Lipinski definition) is 4. The number of likely N-dealkylation sites (tertiary alicyclic amines) is 1. The Labute approximate surface area is 151 Å². The third kappa shape index (κ3) is 2.72. The number of ether oxygens (including phenoxy) is 1. The summed E-state index contributed by atoms with van der Waals surface area (Å²) in [6.45, 7) is 0.374. The minimum absolute atomic E-state index is 0.0501. The van der Waals surface area contributed by atoms with Crippen molar-refractivity contribution < 1.29 is 19.4 Å². The molecule has 3 N–H and O–H groups in total. The van der Waals surface area contributed by atoms with E-state index in [1.807, 2.05) is 36.4 Å². The van der Waals surface area contributed by atoms with Crippen molar-refractivity contribution in [1.82, 2.24) is 4.90 Å². The van der Waals surface area contributed by atoms with E-state index in [4.69, 9.17) is 10.5 Å². The van der Waals surface area contributed by atoms with Crippen LogP contribution >= 0.6 is 0 Å². The van der Waals surface area contributed by atoms with Crippen molar-refractivity contribution in [3.63, 3.8) is 0 Å². The summed E-state index contributed by atoms with van der Waals surface area (Å²) >= 11 is 0. The Balaban J connectivity index is 1.53. The predicted molar refractivity (Wildman–Crippen MR) is 95.8 cm³/mol. The van der Waals surface area contributed by atoms with Crippen molar-refractivity contribution in [2.45, 2.75) is 24.4 Å². The molecule has 6 heteroatoms. The number of nitrogens with zero attached hydrogens (tertiary/aromatic N) is 1. The second kappa shape index (κ2) is 6.46. The van der Waals surface area contributed by atoms with Gasteiger partial charge in [0.2, 0.25) is 0 Å². The summed E-state index contributed by atoms with van der Waals surface area (Å²) < 4.78 is 5.52. The van der Waals surface area contributed by atoms with Gasteiger partial charge in [0.1, 0.15) is 12.6 Å². The molecular formula is C20H20N2O4. The molecule has 134 valence electrons. The maximum absolute atomic E-state index is 12.5. The van der Waals surface area contributed by atoms with Crippen molar-refractivity contribution in [2.75, 3.05) is 13.2 Å². The van der Waals surface area contributed by atoms with Crippen molar-refractivity contribution >= 4 is 12.1 Å². The number of aliphatic carboxylic acids is 1. The molecule has 0 saturated carbocycles. The van der Waals surface area contributed by atoms with Gasteiger partial charge in [-0.1, -0.05) is 48.5 Å². The molecular weight excluding hydrogens is 332 g/mol. The first-order valence-corrected chi connectivity index (χ1v) is 8.66. The molecule has 4 rings (SSSR count). The number of hydrogen-bond donors (Lipinski definition) is 2. The zero-order chi connectivity index (χ0) is 18.3. The monoisotopic (exact) mass is 352 g/mol. The molecule has 0 bridgehead atoms. The van der Waals surface area contributed by atoms with E-state index in [-0.39, 0.29) is 31.5 Å². The van der Waals surface area contributed by atoms with Crippen LogP contribution in [-0.2, 0) is 9.53 Å². The van der Waals surface area contributed by atoms with Crippen LogP contribution in [0.2, 0.25) is 0 Å². The SMILES string of the molecule is NC1C[C@@H](C(=O)O)N(C(=O)OCC2c3ccccc3-c3ccccc32)C1. The van der Waals surface area contributed by atoms with Gasteiger partial charge in [0.05, 0.1) is 0 Å². The molecule has 0 radical (unpaired) electrons. The summed E-state index contributed by atoms with van der Waals surface area (Å²) in [4.78, 5) is 25.0. The van der Waals surface area contributed by atoms with Gasteiger partial charge < -0.3 is 15.6 Å². The molecule has 1 aliphatic carbocycles. The Kier molecular flexibility index (Phi) is 4.12. The molecule has 2 aliphatic rings. The van der Waals surface area contributed by atoms with Crippen molar-refractivity contribution in [1.29, 1.82) is 0 Å². The molecule has 1 fully saturated rings. The van der Waals surface area contributed by atoms with Gasteiger partial charge in [-0.05, 0) is 28.7 Å². The van der Waals surface area contributed by atoms with E-state index in [0.717, 1.165) is 22.3 Å². The van der Waals surface area contributed by atoms with Crippen molar-refractivity contribution in [2.24, 2.45) is 5.73 Å². The van der Waals surface area contributed by atoms with Gasteiger partial charge in [-0.15, -0.1) is 0 Å². The third-order valence-corrected chi connectivity index (χ3v) is 5.19. The summed E-state index contributed by atoms with van der Waals surface area (Å²) in [5.41, 5.74) is 10.4. The maximum Gasteiger partial charge on any atom is 0.410 e. The Morgan fingerprint density at radius 2 is 1.65 bits per heavy atom. The van der Waals surface area contributed by atoms with Gasteiger partial charge in [-0.3, -0.25) is 4.90 Å². The standard InChI is InChI=1S/C20H20N2O4/c21-12-9-18(19(23)24)22(10-12)20(25)26-11-17-15-7-3-1-5-13(15)14-6-2-4-8-16(14)17/h1-8,12,17-18H,9-11,21H2,(H,23,24)/t12?,18-/m0/s1. The normalized spacial score (nSPS) is 21.3. The number of carbonyl (C=O) groups excluding carboxylic acids is 1. The van der Waals surface area contributed by atoms with Crippen LogP contribution in [0.1, 0.15) is 23.5 Å². The molecule has 0 spiro atoms. The van der Waals surface area contributed by atoms with E-state index in [9.17, 15) is 14.7 Å². The summed E-state index contributed by atoms with van der Waals surface area (Å²) in [6, 6.07) is 14.9. The minimum Gasteiger partial charge on any atom is -0.480 e. The highest BCUT2D eigenvalue weighted by atomic mass is 16.6. The highest BCUT2D eigenvalue weighted by Gasteiger charge is 2.39. The molecule has 1 heterocycles. The first kappa shape index (κ1) is 16.6. The van der Waals surface area contributed by atoms with E-state index >= 15 is 0 Å². The second-order valence-corrected chi connectivity index (χ2v) is 6.81. The summed E-state index contributed by atoms with van der Waals surface area (Å²) in [5, 5.41) is 9.29. The first-order chi connectivity index (χ1) is 12.6. The minimum atomic E-state index is -1.05. The fourth-order valence-electron chi connectivity index (χ4n) is 3.98. The average Bonchev–Trinajstić information content (AvgIpc) is 3.18. The van der Waals surface area contributed by atoms with E-state index in [1.165, 1.54) is 4.90 Å². The van der Waals surface area contributed by atoms with E-state index < -0.39 is 18.1 Å². The van der Waals surface area contributed by atoms with E-state index in [0.29, 0.717) is 0 Å². The van der Waals surface area contributed by atoms with Crippen LogP contribution in [0.5, 0.6) is 0 Å². The third-order valence-electron chi connectivity index (χ3n) is 5.19. The summed E-state index contributed by atoms with van der Waals surface area (Å²) in [5.74, 6) is -1.10. The van der Waals surface area contributed by atoms with Gasteiger partial charge in [-0.25, -0.2) is 9.59 Å². The summed E-state index contributed by atoms with van der Waals surface area (Å²) in [7, 11) is 0. The number of nitrogens with two attached hydrogens (primary N) is 1. The van der Waals surface area contributed by atoms with Crippen LogP contribution < -0.4 is 5.73 Å². The Morgan fingerprint density at radius 3 is 2.23 bits per heavy atom. The Morgan fingerprint density at radius 1 is 1.08 bits per heavy atom. The smallest absolute Gasteiger partial charge is 0.410 e. The Bertz CT molecular complexity index is 821. The average molecular weight is 352 g/mol. The highest BCUT2D eigenvalue weighted by molar-refractivity contribution is 5.81. The van der Waals surface area contributed by atoms with Gasteiger partial charge in [0.25, 0.3) is 0 Å². The lowest BCUT2D eigenvalue weighted by Crippen LogP contribution is -2.41. The van der Waals surface area contributed by atoms with Crippen LogP contribution in [0.3, 0.4) is 0 Å². The van der Waals surface area contributed by atoms with Gasteiger partial charge in [0, 0.05) is 18.5 Å². The highest BCUT2D eigenvalue weighted by Crippen LogP contribution is 2.44. The van der Waals surface area contributed by atoms with Crippen molar-refractivity contribution in [3.8, 4) is 11.1 Å². The van der Waals surface area contributed by atoms with Crippen LogP contribution in [0.25, 0.3) is 11.1 Å². The number of rotatable bonds is 3. The largest absolute Gasteiger partial charge is 0.480 e. The zero-order valence-corrected chi connectivity index (χ0v) is 14.2. The number of carboxylic acids is 1. The molecule has 0 aromatic heterocycles. The molecule has 2 aromatic rings. The number of carboxylic acid groups (broad SMARTS) is 1.